The van der Waals surface area contributed by atoms with Crippen LogP contribution < -0.4 is 9.46 Å². The van der Waals surface area contributed by atoms with Crippen molar-refractivity contribution in [2.45, 2.75) is 88.9 Å². The molecule has 1 N–H and O–H groups in total. The van der Waals surface area contributed by atoms with E-state index in [1.807, 2.05) is 45.6 Å². The minimum Gasteiger partial charge on any atom is -0.598 e. The third kappa shape index (κ3) is 7.02. The van der Waals surface area contributed by atoms with Crippen LogP contribution in [0.3, 0.4) is 0 Å². The van der Waals surface area contributed by atoms with Crippen LogP contribution in [0.5, 0.6) is 5.75 Å². The minimum atomic E-state index is -1.31. The van der Waals surface area contributed by atoms with Gasteiger partial charge in [0.15, 0.2) is 11.9 Å². The van der Waals surface area contributed by atoms with E-state index in [2.05, 4.69) is 17.4 Å². The number of carbonyl (C=O) groups excluding carboxylic acids is 1. The van der Waals surface area contributed by atoms with E-state index in [0.29, 0.717) is 25.6 Å². The van der Waals surface area contributed by atoms with Crippen LogP contribution in [0, 0.1) is 5.92 Å². The van der Waals surface area contributed by atoms with Gasteiger partial charge in [0.05, 0.1) is 12.6 Å². The molecule has 3 aliphatic rings. The van der Waals surface area contributed by atoms with Crippen LogP contribution in [0.1, 0.15) is 83.4 Å². The molecule has 0 bridgehead atoms. The van der Waals surface area contributed by atoms with E-state index in [-0.39, 0.29) is 24.5 Å². The highest BCUT2D eigenvalue weighted by atomic mass is 35.5. The predicted octanol–water partition coefficient (Wildman–Crippen LogP) is 5.27. The van der Waals surface area contributed by atoms with Crippen molar-refractivity contribution in [1.82, 2.24) is 9.62 Å². The highest BCUT2D eigenvalue weighted by Gasteiger charge is 2.42. The number of carbonyl (C=O) groups is 1. The van der Waals surface area contributed by atoms with Crippen LogP contribution in [0.25, 0.3) is 0 Å². The van der Waals surface area contributed by atoms with Gasteiger partial charge >= 0.3 is 0 Å². The lowest BCUT2D eigenvalue weighted by Crippen LogP contribution is -2.48. The first-order valence-corrected chi connectivity index (χ1v) is 14.8. The Hall–Kier alpha value is -1.29. The molecule has 1 aromatic rings. The number of amides is 1. The van der Waals surface area contributed by atoms with E-state index in [9.17, 15) is 9.35 Å². The highest BCUT2D eigenvalue weighted by Crippen LogP contribution is 2.47. The molecule has 2 aliphatic heterocycles. The molecule has 1 aromatic carbocycles. The average Bonchev–Trinajstić information content (AvgIpc) is 3.62. The molecule has 9 heteroatoms. The lowest BCUT2D eigenvalue weighted by molar-refractivity contribution is -0.161. The Labute approximate surface area is 229 Å². The second-order valence-electron chi connectivity index (χ2n) is 11.7. The van der Waals surface area contributed by atoms with Crippen molar-refractivity contribution < 1.29 is 23.6 Å². The number of hydrogen-bond acceptors (Lipinski definition) is 6. The minimum absolute atomic E-state index is 0.0290. The van der Waals surface area contributed by atoms with Gasteiger partial charge in [0.1, 0.15) is 17.1 Å². The average molecular weight is 553 g/mol. The zero-order valence-corrected chi connectivity index (χ0v) is 24.3. The van der Waals surface area contributed by atoms with E-state index in [4.69, 9.17) is 25.8 Å². The number of rotatable bonds is 9. The lowest BCUT2D eigenvalue weighted by atomic mass is 9.85. The van der Waals surface area contributed by atoms with E-state index < -0.39 is 28.0 Å². The molecular weight excluding hydrogens is 512 g/mol. The number of benzene rings is 1. The van der Waals surface area contributed by atoms with Crippen LogP contribution in [0.2, 0.25) is 5.02 Å². The van der Waals surface area contributed by atoms with Gasteiger partial charge in [0.25, 0.3) is 5.91 Å². The van der Waals surface area contributed by atoms with Crippen molar-refractivity contribution in [1.29, 1.82) is 0 Å². The third-order valence-electron chi connectivity index (χ3n) is 7.23. The Morgan fingerprint density at radius 3 is 2.54 bits per heavy atom. The maximum absolute atomic E-state index is 13.3. The van der Waals surface area contributed by atoms with E-state index in [0.717, 1.165) is 47.6 Å². The van der Waals surface area contributed by atoms with Crippen LogP contribution in [-0.2, 0) is 25.6 Å². The van der Waals surface area contributed by atoms with Crippen LogP contribution in [0.4, 0.5) is 0 Å². The fourth-order valence-corrected chi connectivity index (χ4v) is 6.21. The van der Waals surface area contributed by atoms with Crippen molar-refractivity contribution in [3.8, 4) is 5.75 Å². The second kappa shape index (κ2) is 11.4. The molecule has 0 unspecified atom stereocenters. The fourth-order valence-electron chi connectivity index (χ4n) is 4.98. The number of likely N-dealkylation sites (tertiary alicyclic amines) is 1. The summed E-state index contributed by atoms with van der Waals surface area (Å²) in [6, 6.07) is 3.81. The van der Waals surface area contributed by atoms with Gasteiger partial charge in [-0.3, -0.25) is 4.79 Å². The normalized spacial score (nSPS) is 24.1. The lowest BCUT2D eigenvalue weighted by Gasteiger charge is -2.38. The van der Waals surface area contributed by atoms with Crippen molar-refractivity contribution in [3.63, 3.8) is 0 Å². The summed E-state index contributed by atoms with van der Waals surface area (Å²) < 4.78 is 33.8. The second-order valence-corrected chi connectivity index (χ2v) is 14.1. The van der Waals surface area contributed by atoms with Gasteiger partial charge in [-0.15, -0.1) is 4.72 Å². The summed E-state index contributed by atoms with van der Waals surface area (Å²) in [7, 11) is 0. The predicted molar refractivity (Wildman–Crippen MR) is 147 cm³/mol. The van der Waals surface area contributed by atoms with Crippen LogP contribution in [-0.4, -0.2) is 58.3 Å². The molecule has 0 radical (unpaired) electrons. The molecular formula is C28H41ClN2O5S. The summed E-state index contributed by atoms with van der Waals surface area (Å²) in [6.45, 7) is 15.2. The van der Waals surface area contributed by atoms with Gasteiger partial charge in [-0.05, 0) is 89.8 Å². The SMILES string of the molecule is C=CCOc1cc(C2CC2)c(Cl)cc1[C@@H](N[S@@+]([O-])C(C)(C)C)C1CCN(C(=O)[C@H]2COC(C)(C)O2)CC1. The summed E-state index contributed by atoms with van der Waals surface area (Å²) in [4.78, 5) is 14.9. The molecule has 1 amide bonds. The smallest absolute Gasteiger partial charge is 0.254 e. The third-order valence-corrected chi connectivity index (χ3v) is 9.14. The molecule has 0 aromatic heterocycles. The first-order chi connectivity index (χ1) is 17.4. The van der Waals surface area contributed by atoms with Crippen molar-refractivity contribution >= 4 is 28.9 Å². The zero-order valence-electron chi connectivity index (χ0n) is 22.7. The zero-order chi connectivity index (χ0) is 27.0. The maximum Gasteiger partial charge on any atom is 0.254 e. The topological polar surface area (TPSA) is 83.1 Å². The maximum atomic E-state index is 13.3. The Balaban J connectivity index is 1.56. The van der Waals surface area contributed by atoms with Gasteiger partial charge in [-0.1, -0.05) is 24.3 Å². The first kappa shape index (κ1) is 28.7. The molecule has 206 valence electrons. The molecule has 1 aliphatic carbocycles. The van der Waals surface area contributed by atoms with Gasteiger partial charge in [-0.2, -0.15) is 0 Å². The summed E-state index contributed by atoms with van der Waals surface area (Å²) >= 11 is 5.48. The van der Waals surface area contributed by atoms with Gasteiger partial charge < -0.3 is 23.7 Å². The molecule has 2 saturated heterocycles. The molecule has 3 atom stereocenters. The van der Waals surface area contributed by atoms with E-state index in [1.165, 1.54) is 0 Å². The van der Waals surface area contributed by atoms with Crippen LogP contribution in [0.15, 0.2) is 24.8 Å². The van der Waals surface area contributed by atoms with Gasteiger partial charge in [-0.25, -0.2) is 0 Å². The highest BCUT2D eigenvalue weighted by molar-refractivity contribution is 7.90. The molecule has 4 rings (SSSR count). The molecule has 3 fully saturated rings. The standard InChI is InChI=1S/C28H41ClN2O5S/c1-7-14-34-23-16-20(18-8-9-18)22(29)15-21(23)25(30-37(33)27(2,3)4)19-10-12-31(13-11-19)26(32)24-17-35-28(5,6)36-24/h7,15-16,18-19,24-25,30H,1,8-14,17H2,2-6H3/t24-,25+,37+/m1/s1. The van der Waals surface area contributed by atoms with Gasteiger partial charge in [0.2, 0.25) is 0 Å². The first-order valence-electron chi connectivity index (χ1n) is 13.2. The molecule has 0 spiro atoms. The van der Waals surface area contributed by atoms with E-state index >= 15 is 0 Å². The fraction of sp³-hybridized carbons (Fsp3) is 0.679. The summed E-state index contributed by atoms with van der Waals surface area (Å²) in [5.74, 6) is 0.606. The molecule has 1 saturated carbocycles. The number of halogens is 1. The molecule has 2 heterocycles. The van der Waals surface area contributed by atoms with Crippen LogP contribution >= 0.6 is 11.6 Å². The van der Waals surface area contributed by atoms with Crippen molar-refractivity contribution in [2.75, 3.05) is 26.3 Å². The number of hydrogen-bond donors (Lipinski definition) is 1. The summed E-state index contributed by atoms with van der Waals surface area (Å²) in [6.07, 6.45) is 4.94. The number of piperidine rings is 1. The number of nitrogens with one attached hydrogen (secondary N) is 1. The Morgan fingerprint density at radius 1 is 1.32 bits per heavy atom. The Bertz CT molecular complexity index is 986. The molecule has 7 nitrogen and oxygen atoms in total. The summed E-state index contributed by atoms with van der Waals surface area (Å²) in [5, 5.41) is 0.727. The largest absolute Gasteiger partial charge is 0.598 e. The molecule has 37 heavy (non-hydrogen) atoms. The van der Waals surface area contributed by atoms with Crippen molar-refractivity contribution in [2.24, 2.45) is 5.92 Å². The Kier molecular flexibility index (Phi) is 8.88. The number of ether oxygens (including phenoxy) is 3. The van der Waals surface area contributed by atoms with Gasteiger partial charge in [0, 0.05) is 35.0 Å². The summed E-state index contributed by atoms with van der Waals surface area (Å²) in [5.41, 5.74) is 2.02. The quantitative estimate of drug-likeness (QED) is 0.332. The monoisotopic (exact) mass is 552 g/mol. The van der Waals surface area contributed by atoms with E-state index in [1.54, 1.807) is 6.08 Å². The number of nitrogens with zero attached hydrogens (tertiary/aromatic N) is 1. The van der Waals surface area contributed by atoms with Crippen molar-refractivity contribution in [3.05, 3.63) is 40.9 Å². The Morgan fingerprint density at radius 2 is 2.00 bits per heavy atom.